The molecule has 25 heavy (non-hydrogen) atoms. The number of hydrogen-bond donors (Lipinski definition) is 3. The third-order valence-corrected chi connectivity index (χ3v) is 5.13. The Hall–Kier alpha value is -2.65. The lowest BCUT2D eigenvalue weighted by atomic mass is 10.1. The summed E-state index contributed by atoms with van der Waals surface area (Å²) < 4.78 is 40.6. The molecule has 0 radical (unpaired) electrons. The number of amides is 3. The van der Waals surface area contributed by atoms with Crippen LogP contribution in [0.25, 0.3) is 0 Å². The highest BCUT2D eigenvalue weighted by atomic mass is 35.5. The van der Waals surface area contributed by atoms with Crippen molar-refractivity contribution in [2.24, 2.45) is 0 Å². The van der Waals surface area contributed by atoms with Gasteiger partial charge < -0.3 is 5.32 Å². The van der Waals surface area contributed by atoms with E-state index < -0.39 is 33.8 Å². The van der Waals surface area contributed by atoms with Gasteiger partial charge in [-0.05, 0) is 42.5 Å². The highest BCUT2D eigenvalue weighted by molar-refractivity contribution is 7.92. The van der Waals surface area contributed by atoms with Gasteiger partial charge >= 0.3 is 6.03 Å². The second kappa shape index (κ2) is 6.34. The van der Waals surface area contributed by atoms with Crippen molar-refractivity contribution >= 4 is 39.2 Å². The maximum Gasteiger partial charge on any atom is 0.322 e. The van der Waals surface area contributed by atoms with Gasteiger partial charge in [0, 0.05) is 16.3 Å². The zero-order valence-electron chi connectivity index (χ0n) is 12.4. The molecule has 3 rings (SSSR count). The van der Waals surface area contributed by atoms with Crippen LogP contribution in [0.15, 0.2) is 47.4 Å². The first-order valence-corrected chi connectivity index (χ1v) is 8.81. The van der Waals surface area contributed by atoms with E-state index in [-0.39, 0.29) is 21.2 Å². The lowest BCUT2D eigenvalue weighted by Crippen LogP contribution is -2.24. The molecule has 0 saturated carbocycles. The van der Waals surface area contributed by atoms with Crippen molar-refractivity contribution in [2.75, 3.05) is 4.72 Å². The fourth-order valence-electron chi connectivity index (χ4n) is 2.35. The van der Waals surface area contributed by atoms with Gasteiger partial charge in [-0.25, -0.2) is 17.6 Å². The molecule has 0 spiro atoms. The predicted octanol–water partition coefficient (Wildman–Crippen LogP) is 2.16. The molecule has 0 aromatic heterocycles. The SMILES string of the molecule is O=C1NC(=O)C(c2cc(Cl)ccc2S(=O)(=O)Nc2ccc(F)cc2)N1. The van der Waals surface area contributed by atoms with E-state index in [1.54, 1.807) is 0 Å². The van der Waals surface area contributed by atoms with Crippen molar-refractivity contribution in [3.8, 4) is 0 Å². The highest BCUT2D eigenvalue weighted by Crippen LogP contribution is 2.29. The van der Waals surface area contributed by atoms with E-state index in [0.29, 0.717) is 0 Å². The normalized spacial score (nSPS) is 17.1. The zero-order chi connectivity index (χ0) is 18.2. The molecule has 7 nitrogen and oxygen atoms in total. The summed E-state index contributed by atoms with van der Waals surface area (Å²) >= 11 is 5.91. The molecule has 2 aromatic rings. The third kappa shape index (κ3) is 3.57. The van der Waals surface area contributed by atoms with Gasteiger partial charge in [-0.1, -0.05) is 11.6 Å². The van der Waals surface area contributed by atoms with E-state index in [1.807, 2.05) is 5.32 Å². The number of rotatable bonds is 4. The molecule has 0 bridgehead atoms. The Bertz CT molecular complexity index is 963. The van der Waals surface area contributed by atoms with Crippen LogP contribution in [0.2, 0.25) is 5.02 Å². The Kier molecular flexibility index (Phi) is 4.36. The van der Waals surface area contributed by atoms with E-state index in [0.717, 1.165) is 12.1 Å². The summed E-state index contributed by atoms with van der Waals surface area (Å²) in [5, 5.41) is 4.56. The molecule has 1 atom stereocenters. The Balaban J connectivity index is 2.02. The number of halogens is 2. The molecule has 1 fully saturated rings. The molecule has 1 unspecified atom stereocenters. The van der Waals surface area contributed by atoms with Crippen molar-refractivity contribution in [3.63, 3.8) is 0 Å². The Morgan fingerprint density at radius 1 is 1.08 bits per heavy atom. The smallest absolute Gasteiger partial charge is 0.322 e. The van der Waals surface area contributed by atoms with E-state index in [2.05, 4.69) is 10.0 Å². The van der Waals surface area contributed by atoms with E-state index >= 15 is 0 Å². The molecule has 1 heterocycles. The lowest BCUT2D eigenvalue weighted by molar-refractivity contribution is -0.120. The van der Waals surface area contributed by atoms with Gasteiger partial charge in [0.15, 0.2) is 0 Å². The minimum Gasteiger partial charge on any atom is -0.322 e. The maximum absolute atomic E-state index is 13.0. The molecule has 3 amide bonds. The summed E-state index contributed by atoms with van der Waals surface area (Å²) in [5.41, 5.74) is 0.160. The van der Waals surface area contributed by atoms with Gasteiger partial charge in [-0.15, -0.1) is 0 Å². The zero-order valence-corrected chi connectivity index (χ0v) is 14.0. The fourth-order valence-corrected chi connectivity index (χ4v) is 3.82. The average molecular weight is 384 g/mol. The summed E-state index contributed by atoms with van der Waals surface area (Å²) in [4.78, 5) is 23.0. The summed E-state index contributed by atoms with van der Waals surface area (Å²) in [6, 6.07) is 6.66. The highest BCUT2D eigenvalue weighted by Gasteiger charge is 2.35. The van der Waals surface area contributed by atoms with Crippen molar-refractivity contribution in [1.29, 1.82) is 0 Å². The van der Waals surface area contributed by atoms with Crippen molar-refractivity contribution in [2.45, 2.75) is 10.9 Å². The number of benzene rings is 2. The lowest BCUT2D eigenvalue weighted by Gasteiger charge is -2.15. The first kappa shape index (κ1) is 17.2. The Labute approximate surface area is 147 Å². The minimum atomic E-state index is -4.11. The first-order chi connectivity index (χ1) is 11.8. The summed E-state index contributed by atoms with van der Waals surface area (Å²) in [6.07, 6.45) is 0. The summed E-state index contributed by atoms with van der Waals surface area (Å²) in [7, 11) is -4.11. The topological polar surface area (TPSA) is 104 Å². The summed E-state index contributed by atoms with van der Waals surface area (Å²) in [6.45, 7) is 0. The number of imide groups is 1. The van der Waals surface area contributed by atoms with Crippen molar-refractivity contribution < 1.29 is 22.4 Å². The van der Waals surface area contributed by atoms with Gasteiger partial charge in [-0.2, -0.15) is 0 Å². The number of hydrogen-bond acceptors (Lipinski definition) is 4. The van der Waals surface area contributed by atoms with E-state index in [4.69, 9.17) is 11.6 Å². The van der Waals surface area contributed by atoms with Crippen molar-refractivity contribution in [1.82, 2.24) is 10.6 Å². The van der Waals surface area contributed by atoms with Crippen LogP contribution in [0.4, 0.5) is 14.9 Å². The van der Waals surface area contributed by atoms with E-state index in [9.17, 15) is 22.4 Å². The van der Waals surface area contributed by atoms with Gasteiger partial charge in [0.1, 0.15) is 11.9 Å². The third-order valence-electron chi connectivity index (χ3n) is 3.44. The quantitative estimate of drug-likeness (QED) is 0.703. The number of sulfonamides is 1. The van der Waals surface area contributed by atoms with Gasteiger partial charge in [0.05, 0.1) is 4.90 Å². The van der Waals surface area contributed by atoms with Crippen LogP contribution in [0.1, 0.15) is 11.6 Å². The molecular formula is C15H11ClFN3O4S. The first-order valence-electron chi connectivity index (χ1n) is 6.95. The van der Waals surface area contributed by atoms with Crippen LogP contribution < -0.4 is 15.4 Å². The standard InChI is InChI=1S/C15H11ClFN3O4S/c16-8-1-6-12(11(7-8)13-14(21)19-15(22)18-13)25(23,24)20-10-4-2-9(17)3-5-10/h1-7,13,20H,(H2,18,19,21,22). The molecule has 1 saturated heterocycles. The monoisotopic (exact) mass is 383 g/mol. The summed E-state index contributed by atoms with van der Waals surface area (Å²) in [5.74, 6) is -1.20. The fraction of sp³-hybridized carbons (Fsp3) is 0.0667. The Morgan fingerprint density at radius 3 is 2.36 bits per heavy atom. The predicted molar refractivity (Wildman–Crippen MR) is 88.1 cm³/mol. The Morgan fingerprint density at radius 2 is 1.76 bits per heavy atom. The molecule has 130 valence electrons. The average Bonchev–Trinajstić information content (AvgIpc) is 2.87. The molecule has 10 heteroatoms. The van der Waals surface area contributed by atoms with Gasteiger partial charge in [-0.3, -0.25) is 14.8 Å². The van der Waals surface area contributed by atoms with Crippen LogP contribution in [-0.4, -0.2) is 20.4 Å². The maximum atomic E-state index is 13.0. The molecule has 1 aliphatic rings. The second-order valence-electron chi connectivity index (χ2n) is 5.19. The molecule has 1 aliphatic heterocycles. The minimum absolute atomic E-state index is 0.0189. The number of nitrogens with one attached hydrogen (secondary N) is 3. The number of anilines is 1. The molecular weight excluding hydrogens is 373 g/mol. The van der Waals surface area contributed by atoms with Crippen LogP contribution in [0, 0.1) is 5.82 Å². The number of carbonyl (C=O) groups excluding carboxylic acids is 2. The van der Waals surface area contributed by atoms with Crippen LogP contribution >= 0.6 is 11.6 Å². The second-order valence-corrected chi connectivity index (χ2v) is 7.28. The molecule has 3 N–H and O–H groups in total. The largest absolute Gasteiger partial charge is 0.322 e. The van der Waals surface area contributed by atoms with Gasteiger partial charge in [0.2, 0.25) is 0 Å². The molecule has 2 aromatic carbocycles. The van der Waals surface area contributed by atoms with Crippen LogP contribution in [0.5, 0.6) is 0 Å². The molecule has 0 aliphatic carbocycles. The number of carbonyl (C=O) groups is 2. The van der Waals surface area contributed by atoms with E-state index in [1.165, 1.54) is 30.3 Å². The van der Waals surface area contributed by atoms with Crippen LogP contribution in [-0.2, 0) is 14.8 Å². The van der Waals surface area contributed by atoms with Gasteiger partial charge in [0.25, 0.3) is 15.9 Å². The van der Waals surface area contributed by atoms with Crippen molar-refractivity contribution in [3.05, 3.63) is 58.9 Å². The number of urea groups is 1. The van der Waals surface area contributed by atoms with Crippen LogP contribution in [0.3, 0.4) is 0 Å².